The third kappa shape index (κ3) is 5.33. The number of aryl methyl sites for hydroxylation is 1. The molecule has 0 aromatic heterocycles. The molecule has 10 heteroatoms. The third-order valence-corrected chi connectivity index (χ3v) is 5.40. The highest BCUT2D eigenvalue weighted by Crippen LogP contribution is 2.20. The molecule has 2 aromatic carbocycles. The number of nitrogens with one attached hydrogen (secondary N) is 3. The molecule has 150 valence electrons. The maximum absolute atomic E-state index is 13.5. The number of benzene rings is 2. The highest BCUT2D eigenvalue weighted by molar-refractivity contribution is 7.89. The Labute approximate surface area is 161 Å². The second-order valence-corrected chi connectivity index (χ2v) is 7.72. The first-order chi connectivity index (χ1) is 13.1. The fraction of sp³-hybridized carbons (Fsp3) is 0.222. The number of sulfonamides is 1. The monoisotopic (exact) mass is 411 g/mol. The molecule has 0 radical (unpaired) electrons. The summed E-state index contributed by atoms with van der Waals surface area (Å²) in [6.45, 7) is 1.54. The molecule has 0 atom stereocenters. The predicted molar refractivity (Wildman–Crippen MR) is 99.4 cm³/mol. The lowest BCUT2D eigenvalue weighted by molar-refractivity contribution is -0.116. The van der Waals surface area contributed by atoms with Gasteiger partial charge in [-0.25, -0.2) is 21.9 Å². The number of amides is 2. The molecule has 0 saturated carbocycles. The standard InChI is InChI=1S/C18H19F2N3O4S/c1-11-3-5-13(10-16(11)28(26,27)21-2)23-17(24)7-8-22-18(25)14-6-4-12(19)9-15(14)20/h3-6,9-10,21H,7-8H2,1-2H3,(H,22,25)(H,23,24). The van der Waals surface area contributed by atoms with Crippen molar-refractivity contribution in [3.8, 4) is 0 Å². The Morgan fingerprint density at radius 1 is 1.07 bits per heavy atom. The van der Waals surface area contributed by atoms with Gasteiger partial charge in [0.2, 0.25) is 15.9 Å². The average molecular weight is 411 g/mol. The van der Waals surface area contributed by atoms with E-state index in [2.05, 4.69) is 15.4 Å². The molecular formula is C18H19F2N3O4S. The van der Waals surface area contributed by atoms with Gasteiger partial charge in [0, 0.05) is 24.7 Å². The minimum Gasteiger partial charge on any atom is -0.351 e. The molecule has 3 N–H and O–H groups in total. The molecule has 28 heavy (non-hydrogen) atoms. The Hall–Kier alpha value is -2.85. The molecule has 2 amide bonds. The Morgan fingerprint density at radius 2 is 1.79 bits per heavy atom. The van der Waals surface area contributed by atoms with Gasteiger partial charge < -0.3 is 10.6 Å². The van der Waals surface area contributed by atoms with E-state index in [1.807, 2.05) is 0 Å². The Kier molecular flexibility index (Phi) is 6.81. The molecular weight excluding hydrogens is 392 g/mol. The van der Waals surface area contributed by atoms with Crippen LogP contribution in [-0.4, -0.2) is 33.8 Å². The maximum Gasteiger partial charge on any atom is 0.254 e. The first-order valence-electron chi connectivity index (χ1n) is 8.21. The van der Waals surface area contributed by atoms with Crippen molar-refractivity contribution in [2.45, 2.75) is 18.2 Å². The van der Waals surface area contributed by atoms with Crippen LogP contribution in [0, 0.1) is 18.6 Å². The van der Waals surface area contributed by atoms with Crippen molar-refractivity contribution in [1.29, 1.82) is 0 Å². The fourth-order valence-corrected chi connectivity index (χ4v) is 3.35. The van der Waals surface area contributed by atoms with E-state index in [9.17, 15) is 26.8 Å². The average Bonchev–Trinajstić information content (AvgIpc) is 2.63. The highest BCUT2D eigenvalue weighted by atomic mass is 32.2. The van der Waals surface area contributed by atoms with Crippen LogP contribution in [0.15, 0.2) is 41.3 Å². The number of anilines is 1. The molecule has 7 nitrogen and oxygen atoms in total. The van der Waals surface area contributed by atoms with E-state index in [0.717, 1.165) is 12.1 Å². The first kappa shape index (κ1) is 21.5. The van der Waals surface area contributed by atoms with Crippen LogP contribution in [0.1, 0.15) is 22.3 Å². The summed E-state index contributed by atoms with van der Waals surface area (Å²) in [6.07, 6.45) is -0.128. The van der Waals surface area contributed by atoms with Gasteiger partial charge in [0.25, 0.3) is 5.91 Å². The largest absolute Gasteiger partial charge is 0.351 e. The maximum atomic E-state index is 13.5. The van der Waals surface area contributed by atoms with Crippen LogP contribution in [0.3, 0.4) is 0 Å². The molecule has 2 rings (SSSR count). The summed E-state index contributed by atoms with van der Waals surface area (Å²) >= 11 is 0. The van der Waals surface area contributed by atoms with Gasteiger partial charge in [0.1, 0.15) is 11.6 Å². The number of halogens is 2. The van der Waals surface area contributed by atoms with Crippen LogP contribution in [-0.2, 0) is 14.8 Å². The number of rotatable bonds is 7. The van der Waals surface area contributed by atoms with Crippen LogP contribution >= 0.6 is 0 Å². The molecule has 0 aliphatic heterocycles. The zero-order valence-corrected chi connectivity index (χ0v) is 16.0. The van der Waals surface area contributed by atoms with Gasteiger partial charge in [0.15, 0.2) is 0 Å². The SMILES string of the molecule is CNS(=O)(=O)c1cc(NC(=O)CCNC(=O)c2ccc(F)cc2F)ccc1C. The van der Waals surface area contributed by atoms with Crippen molar-refractivity contribution < 1.29 is 26.8 Å². The molecule has 0 bridgehead atoms. The lowest BCUT2D eigenvalue weighted by Crippen LogP contribution is -2.28. The summed E-state index contributed by atoms with van der Waals surface area (Å²) in [6, 6.07) is 6.99. The molecule has 2 aromatic rings. The lowest BCUT2D eigenvalue weighted by Gasteiger charge is -2.11. The van der Waals surface area contributed by atoms with Gasteiger partial charge in [-0.3, -0.25) is 9.59 Å². The number of hydrogen-bond donors (Lipinski definition) is 3. The molecule has 0 saturated heterocycles. The molecule has 0 fully saturated rings. The van der Waals surface area contributed by atoms with E-state index in [0.29, 0.717) is 11.6 Å². The number of carbonyl (C=O) groups excluding carboxylic acids is 2. The van der Waals surface area contributed by atoms with Crippen LogP contribution in [0.5, 0.6) is 0 Å². The fourth-order valence-electron chi connectivity index (χ4n) is 2.36. The second kappa shape index (κ2) is 8.89. The Balaban J connectivity index is 1.94. The highest BCUT2D eigenvalue weighted by Gasteiger charge is 2.16. The van der Waals surface area contributed by atoms with Crippen molar-refractivity contribution in [3.63, 3.8) is 0 Å². The molecule has 0 aliphatic carbocycles. The van der Waals surface area contributed by atoms with E-state index < -0.39 is 33.5 Å². The molecule has 0 spiro atoms. The first-order valence-corrected chi connectivity index (χ1v) is 9.69. The van der Waals surface area contributed by atoms with E-state index in [1.54, 1.807) is 19.1 Å². The van der Waals surface area contributed by atoms with Gasteiger partial charge in [-0.15, -0.1) is 0 Å². The topological polar surface area (TPSA) is 104 Å². The van der Waals surface area contributed by atoms with E-state index in [4.69, 9.17) is 0 Å². The van der Waals surface area contributed by atoms with Gasteiger partial charge in [0.05, 0.1) is 10.5 Å². The van der Waals surface area contributed by atoms with Gasteiger partial charge in [-0.1, -0.05) is 6.07 Å². The van der Waals surface area contributed by atoms with Crippen molar-refractivity contribution >= 4 is 27.5 Å². The minimum absolute atomic E-state index is 0.0351. The summed E-state index contributed by atoms with van der Waals surface area (Å²) in [5, 5.41) is 4.89. The van der Waals surface area contributed by atoms with Gasteiger partial charge >= 0.3 is 0 Å². The summed E-state index contributed by atoms with van der Waals surface area (Å²) < 4.78 is 52.5. The van der Waals surface area contributed by atoms with E-state index >= 15 is 0 Å². The minimum atomic E-state index is -3.67. The Bertz CT molecular complexity index is 1010. The Morgan fingerprint density at radius 3 is 2.43 bits per heavy atom. The predicted octanol–water partition coefficient (Wildman–Crippen LogP) is 1.94. The van der Waals surface area contributed by atoms with Crippen molar-refractivity contribution in [1.82, 2.24) is 10.0 Å². The molecule has 0 unspecified atom stereocenters. The summed E-state index contributed by atoms with van der Waals surface area (Å²) in [5.41, 5.74) is 0.462. The van der Waals surface area contributed by atoms with Gasteiger partial charge in [-0.2, -0.15) is 0 Å². The normalized spacial score (nSPS) is 11.1. The third-order valence-electron chi connectivity index (χ3n) is 3.84. The van der Waals surface area contributed by atoms with Gasteiger partial charge in [-0.05, 0) is 43.8 Å². The van der Waals surface area contributed by atoms with Crippen LogP contribution in [0.2, 0.25) is 0 Å². The molecule has 0 aliphatic rings. The summed E-state index contributed by atoms with van der Waals surface area (Å²) in [7, 11) is -2.39. The van der Waals surface area contributed by atoms with E-state index in [1.165, 1.54) is 13.1 Å². The lowest BCUT2D eigenvalue weighted by atomic mass is 10.2. The quantitative estimate of drug-likeness (QED) is 0.648. The van der Waals surface area contributed by atoms with Crippen molar-refractivity contribution in [2.24, 2.45) is 0 Å². The van der Waals surface area contributed by atoms with Crippen LogP contribution in [0.25, 0.3) is 0 Å². The van der Waals surface area contributed by atoms with Crippen molar-refractivity contribution in [3.05, 3.63) is 59.2 Å². The zero-order chi connectivity index (χ0) is 20.9. The van der Waals surface area contributed by atoms with E-state index in [-0.39, 0.29) is 29.1 Å². The molecule has 0 heterocycles. The zero-order valence-electron chi connectivity index (χ0n) is 15.2. The van der Waals surface area contributed by atoms with Crippen LogP contribution in [0.4, 0.5) is 14.5 Å². The summed E-state index contributed by atoms with van der Waals surface area (Å²) in [5.74, 6) is -3.05. The number of hydrogen-bond acceptors (Lipinski definition) is 4. The number of carbonyl (C=O) groups is 2. The smallest absolute Gasteiger partial charge is 0.254 e. The second-order valence-electron chi connectivity index (χ2n) is 5.87. The van der Waals surface area contributed by atoms with Crippen LogP contribution < -0.4 is 15.4 Å². The summed E-state index contributed by atoms with van der Waals surface area (Å²) in [4.78, 5) is 23.9. The van der Waals surface area contributed by atoms with Crippen molar-refractivity contribution in [2.75, 3.05) is 18.9 Å².